The highest BCUT2D eigenvalue weighted by atomic mass is 16.3. The van der Waals surface area contributed by atoms with E-state index in [1.807, 2.05) is 106 Å². The number of benzene rings is 7. The van der Waals surface area contributed by atoms with E-state index < -0.39 is 37.1 Å². The molecule has 0 bridgehead atoms. The topological polar surface area (TPSA) is 50.9 Å². The standard InChI is InChI=1S/C61H59N3O/c1-39-32-44(41-20-15-12-16-21-41)28-29-54(39)64-55-23-17-22-50(56(55)63-58(64)51-37-49(60(5,6)7)38-52(57(51)65)61(8,9)10)46-33-47(35-48(34-46)59(2,3)4)53-36-45(30-31-62-53)43-26-24-42(25-27-43)40-18-13-11-14-19-40/h11-38,65H,1-10H3/i1D3,8D3,9D3. The van der Waals surface area contributed by atoms with Crippen LogP contribution in [0.3, 0.4) is 0 Å². The minimum Gasteiger partial charge on any atom is -0.507 e. The second-order valence-corrected chi connectivity index (χ2v) is 19.3. The summed E-state index contributed by atoms with van der Waals surface area (Å²) in [6.45, 7) is 4.45. The Balaban J connectivity index is 1.32. The summed E-state index contributed by atoms with van der Waals surface area (Å²) in [5, 5.41) is 12.7. The highest BCUT2D eigenvalue weighted by Crippen LogP contribution is 2.45. The Bertz CT molecular complexity index is 3530. The minimum atomic E-state index is -3.10. The molecule has 0 radical (unpaired) electrons. The molecule has 324 valence electrons. The molecule has 0 spiro atoms. The molecule has 9 aromatic rings. The van der Waals surface area contributed by atoms with Gasteiger partial charge in [-0.15, -0.1) is 0 Å². The quantitative estimate of drug-likeness (QED) is 0.174. The summed E-state index contributed by atoms with van der Waals surface area (Å²) >= 11 is 0. The Morgan fingerprint density at radius 2 is 1.08 bits per heavy atom. The van der Waals surface area contributed by atoms with Crippen LogP contribution >= 0.6 is 0 Å². The van der Waals surface area contributed by atoms with Crippen LogP contribution in [-0.4, -0.2) is 19.6 Å². The molecule has 2 heterocycles. The van der Waals surface area contributed by atoms with E-state index in [4.69, 9.17) is 22.3 Å². The molecular formula is C61H59N3O. The van der Waals surface area contributed by atoms with Gasteiger partial charge >= 0.3 is 0 Å². The summed E-state index contributed by atoms with van der Waals surface area (Å²) in [4.78, 5) is 10.3. The fourth-order valence-corrected chi connectivity index (χ4v) is 8.53. The summed E-state index contributed by atoms with van der Waals surface area (Å²) in [6, 6.07) is 52.7. The van der Waals surface area contributed by atoms with Gasteiger partial charge in [-0.3, -0.25) is 9.55 Å². The van der Waals surface area contributed by atoms with Crippen molar-refractivity contribution < 1.29 is 17.4 Å². The monoisotopic (exact) mass is 859 g/mol. The molecule has 0 aliphatic rings. The summed E-state index contributed by atoms with van der Waals surface area (Å²) in [7, 11) is 0. The number of hydrogen-bond donors (Lipinski definition) is 1. The lowest BCUT2D eigenvalue weighted by Gasteiger charge is -2.27. The molecule has 9 rings (SSSR count). The van der Waals surface area contributed by atoms with E-state index in [2.05, 4.69) is 81.4 Å². The lowest BCUT2D eigenvalue weighted by molar-refractivity contribution is 0.446. The predicted octanol–water partition coefficient (Wildman–Crippen LogP) is 16.3. The van der Waals surface area contributed by atoms with Crippen LogP contribution < -0.4 is 0 Å². The summed E-state index contributed by atoms with van der Waals surface area (Å²) in [6.07, 6.45) is 1.81. The fourth-order valence-electron chi connectivity index (χ4n) is 8.53. The van der Waals surface area contributed by atoms with Gasteiger partial charge in [-0.2, -0.15) is 0 Å². The zero-order chi connectivity index (χ0) is 53.3. The summed E-state index contributed by atoms with van der Waals surface area (Å²) < 4.78 is 80.6. The van der Waals surface area contributed by atoms with Gasteiger partial charge in [0.05, 0.1) is 28.0 Å². The number of imidazole rings is 1. The highest BCUT2D eigenvalue weighted by Gasteiger charge is 2.29. The molecule has 0 amide bonds. The lowest BCUT2D eigenvalue weighted by Crippen LogP contribution is -2.17. The van der Waals surface area contributed by atoms with Gasteiger partial charge in [0.25, 0.3) is 0 Å². The molecule has 0 saturated heterocycles. The fraction of sp³-hybridized carbons (Fsp3) is 0.213. The minimum absolute atomic E-state index is 0.00370. The van der Waals surface area contributed by atoms with E-state index in [1.54, 1.807) is 22.8 Å². The van der Waals surface area contributed by atoms with Crippen LogP contribution in [0.15, 0.2) is 170 Å². The first-order chi connectivity index (χ1) is 34.6. The molecule has 4 heteroatoms. The molecule has 2 aromatic heterocycles. The molecule has 65 heavy (non-hydrogen) atoms. The molecule has 0 saturated carbocycles. The van der Waals surface area contributed by atoms with Crippen LogP contribution in [0.4, 0.5) is 0 Å². The Morgan fingerprint density at radius 1 is 0.492 bits per heavy atom. The average molecular weight is 859 g/mol. The van der Waals surface area contributed by atoms with E-state index in [0.717, 1.165) is 57.1 Å². The predicted molar refractivity (Wildman–Crippen MR) is 274 cm³/mol. The molecule has 7 aromatic carbocycles. The number of rotatable bonds is 7. The normalized spacial score (nSPS) is 14.8. The van der Waals surface area contributed by atoms with Gasteiger partial charge in [0.1, 0.15) is 11.6 Å². The third kappa shape index (κ3) is 8.54. The van der Waals surface area contributed by atoms with E-state index in [9.17, 15) is 5.11 Å². The van der Waals surface area contributed by atoms with Crippen molar-refractivity contribution in [3.63, 3.8) is 0 Å². The molecule has 0 fully saturated rings. The smallest absolute Gasteiger partial charge is 0.149 e. The maximum atomic E-state index is 12.7. The van der Waals surface area contributed by atoms with Crippen molar-refractivity contribution in [2.75, 3.05) is 0 Å². The number of para-hydroxylation sites is 1. The number of hydrogen-bond acceptors (Lipinski definition) is 3. The first-order valence-electron chi connectivity index (χ1n) is 26.5. The number of phenols is 1. The van der Waals surface area contributed by atoms with Gasteiger partial charge in [-0.05, 0) is 127 Å². The third-order valence-electron chi connectivity index (χ3n) is 12.3. The second kappa shape index (κ2) is 16.5. The number of phenolic OH excluding ortho intramolecular Hbond substituents is 1. The number of aryl methyl sites for hydroxylation is 1. The van der Waals surface area contributed by atoms with Crippen molar-refractivity contribution in [1.82, 2.24) is 14.5 Å². The summed E-state index contributed by atoms with van der Waals surface area (Å²) in [5.74, 6) is -0.492. The number of aromatic hydroxyl groups is 1. The van der Waals surface area contributed by atoms with E-state index in [-0.39, 0.29) is 33.6 Å². The Kier molecular flexibility index (Phi) is 8.50. The number of pyridine rings is 1. The van der Waals surface area contributed by atoms with Crippen molar-refractivity contribution in [2.24, 2.45) is 0 Å². The highest BCUT2D eigenvalue weighted by molar-refractivity contribution is 5.97. The van der Waals surface area contributed by atoms with Gasteiger partial charge < -0.3 is 5.11 Å². The van der Waals surface area contributed by atoms with Gasteiger partial charge in [-0.25, -0.2) is 4.98 Å². The first-order valence-corrected chi connectivity index (χ1v) is 22.0. The Morgan fingerprint density at radius 3 is 1.72 bits per heavy atom. The van der Waals surface area contributed by atoms with Crippen LogP contribution in [0.25, 0.3) is 83.9 Å². The summed E-state index contributed by atoms with van der Waals surface area (Å²) in [5.41, 5.74) is 7.85. The largest absolute Gasteiger partial charge is 0.507 e. The third-order valence-corrected chi connectivity index (χ3v) is 12.3. The van der Waals surface area contributed by atoms with Crippen LogP contribution in [0, 0.1) is 6.85 Å². The number of nitrogens with zero attached hydrogens (tertiary/aromatic N) is 3. The van der Waals surface area contributed by atoms with Crippen LogP contribution in [0.1, 0.15) is 96.8 Å². The molecule has 0 aliphatic heterocycles. The average Bonchev–Trinajstić information content (AvgIpc) is 3.74. The van der Waals surface area contributed by atoms with Crippen LogP contribution in [-0.2, 0) is 16.2 Å². The molecular weight excluding hydrogens is 791 g/mol. The van der Waals surface area contributed by atoms with Gasteiger partial charge in [0, 0.05) is 35.2 Å². The molecule has 1 N–H and O–H groups in total. The SMILES string of the molecule is [2H]C([2H])([2H])c1cc(-c2ccccc2)ccc1-n1c(-c2cc(C(C)(C)C)cc(C(C)(C([2H])([2H])[2H])C([2H])([2H])[2H])c2O)nc2c(-c3cc(-c4cc(-c5ccc(-c6ccccc6)cc5)ccn4)cc(C(C)(C)C)c3)cccc21. The van der Waals surface area contributed by atoms with Crippen molar-refractivity contribution in [1.29, 1.82) is 0 Å². The maximum absolute atomic E-state index is 12.7. The van der Waals surface area contributed by atoms with Crippen molar-refractivity contribution in [2.45, 2.75) is 85.3 Å². The zero-order valence-electron chi connectivity index (χ0n) is 47.0. The number of aromatic nitrogens is 3. The second-order valence-electron chi connectivity index (χ2n) is 19.3. The molecule has 0 aliphatic carbocycles. The van der Waals surface area contributed by atoms with Crippen molar-refractivity contribution in [3.05, 3.63) is 192 Å². The molecule has 0 atom stereocenters. The lowest BCUT2D eigenvalue weighted by atomic mass is 9.79. The Hall–Kier alpha value is -7.04. The van der Waals surface area contributed by atoms with Gasteiger partial charge in [-0.1, -0.05) is 177 Å². The maximum Gasteiger partial charge on any atom is 0.149 e. The number of fused-ring (bicyclic) bond motifs is 1. The van der Waals surface area contributed by atoms with Crippen molar-refractivity contribution in [3.8, 4) is 78.6 Å². The van der Waals surface area contributed by atoms with E-state index >= 15 is 0 Å². The van der Waals surface area contributed by atoms with Gasteiger partial charge in [0.15, 0.2) is 0 Å². The van der Waals surface area contributed by atoms with Crippen molar-refractivity contribution >= 4 is 11.0 Å². The van der Waals surface area contributed by atoms with Crippen LogP contribution in [0.2, 0.25) is 0 Å². The zero-order valence-corrected chi connectivity index (χ0v) is 38.0. The molecule has 0 unspecified atom stereocenters. The van der Waals surface area contributed by atoms with Crippen LogP contribution in [0.5, 0.6) is 5.75 Å². The first kappa shape index (κ1) is 33.5. The van der Waals surface area contributed by atoms with E-state index in [0.29, 0.717) is 27.7 Å². The molecule has 4 nitrogen and oxygen atoms in total. The van der Waals surface area contributed by atoms with Gasteiger partial charge in [0.2, 0.25) is 0 Å². The van der Waals surface area contributed by atoms with E-state index in [1.165, 1.54) is 6.07 Å². The Labute approximate surface area is 398 Å².